The van der Waals surface area contributed by atoms with Gasteiger partial charge in [0.1, 0.15) is 0 Å². The van der Waals surface area contributed by atoms with E-state index in [-0.39, 0.29) is 5.92 Å². The molecular formula is C9H15NO4. The zero-order chi connectivity index (χ0) is 10.7. The largest absolute Gasteiger partial charge is 0.466 e. The van der Waals surface area contributed by atoms with Crippen molar-refractivity contribution in [1.29, 1.82) is 0 Å². The Morgan fingerprint density at radius 1 is 1.71 bits per heavy atom. The number of esters is 1. The number of rotatable bonds is 3. The number of aliphatic hydroxyl groups is 1. The second-order valence-corrected chi connectivity index (χ2v) is 3.59. The molecule has 0 aliphatic carbocycles. The number of carbonyl (C=O) groups excluding carboxylic acids is 1. The summed E-state index contributed by atoms with van der Waals surface area (Å²) in [6.07, 6.45) is -1.03. The van der Waals surface area contributed by atoms with Crippen LogP contribution in [0, 0.1) is 5.92 Å². The third kappa shape index (κ3) is 2.23. The van der Waals surface area contributed by atoms with Crippen molar-refractivity contribution in [2.45, 2.75) is 32.5 Å². The average molecular weight is 201 g/mol. The van der Waals surface area contributed by atoms with Crippen molar-refractivity contribution < 1.29 is 19.5 Å². The van der Waals surface area contributed by atoms with Gasteiger partial charge in [-0.25, -0.2) is 4.79 Å². The van der Waals surface area contributed by atoms with Crippen molar-refractivity contribution in [2.24, 2.45) is 11.1 Å². The maximum Gasteiger partial charge on any atom is 0.350 e. The van der Waals surface area contributed by atoms with Crippen LogP contribution in [0.25, 0.3) is 0 Å². The molecule has 0 bridgehead atoms. The van der Waals surface area contributed by atoms with Crippen LogP contribution in [0.4, 0.5) is 0 Å². The van der Waals surface area contributed by atoms with Crippen LogP contribution in [0.1, 0.15) is 20.3 Å². The fourth-order valence-electron chi connectivity index (χ4n) is 1.21. The van der Waals surface area contributed by atoms with Gasteiger partial charge in [0.2, 0.25) is 6.10 Å². The minimum atomic E-state index is -0.691. The van der Waals surface area contributed by atoms with Gasteiger partial charge in [0.25, 0.3) is 0 Å². The molecule has 1 N–H and O–H groups in total. The van der Waals surface area contributed by atoms with E-state index in [9.17, 15) is 9.90 Å². The van der Waals surface area contributed by atoms with Crippen LogP contribution >= 0.6 is 0 Å². The molecule has 1 rings (SSSR count). The summed E-state index contributed by atoms with van der Waals surface area (Å²) >= 11 is 0. The van der Waals surface area contributed by atoms with Crippen LogP contribution < -0.4 is 0 Å². The third-order valence-corrected chi connectivity index (χ3v) is 2.13. The molecule has 0 unspecified atom stereocenters. The molecule has 0 saturated carbocycles. The Labute approximate surface area is 82.7 Å². The Morgan fingerprint density at radius 2 is 2.36 bits per heavy atom. The second-order valence-electron chi connectivity index (χ2n) is 3.59. The first-order valence-corrected chi connectivity index (χ1v) is 4.54. The molecule has 0 aromatic rings. The molecule has 14 heavy (non-hydrogen) atoms. The first-order valence-electron chi connectivity index (χ1n) is 4.54. The molecule has 0 fully saturated rings. The minimum Gasteiger partial charge on any atom is -0.466 e. The van der Waals surface area contributed by atoms with Crippen LogP contribution in [0.5, 0.6) is 0 Å². The smallest absolute Gasteiger partial charge is 0.350 e. The number of hydrogen-bond donors (Lipinski definition) is 1. The molecule has 0 amide bonds. The Balaban J connectivity index is 2.51. The van der Waals surface area contributed by atoms with Crippen LogP contribution in [0.2, 0.25) is 0 Å². The van der Waals surface area contributed by atoms with Gasteiger partial charge in [-0.05, 0) is 5.92 Å². The van der Waals surface area contributed by atoms with Crippen molar-refractivity contribution >= 4 is 11.7 Å². The van der Waals surface area contributed by atoms with Crippen LogP contribution in [-0.2, 0) is 14.4 Å². The summed E-state index contributed by atoms with van der Waals surface area (Å²) in [7, 11) is 1.29. The number of oxime groups is 1. The molecule has 0 aromatic carbocycles. The Bertz CT molecular complexity index is 249. The van der Waals surface area contributed by atoms with Gasteiger partial charge in [0, 0.05) is 6.42 Å². The number of ether oxygens (including phenoxy) is 1. The third-order valence-electron chi connectivity index (χ3n) is 2.13. The van der Waals surface area contributed by atoms with E-state index >= 15 is 0 Å². The van der Waals surface area contributed by atoms with Crippen molar-refractivity contribution in [2.75, 3.05) is 7.11 Å². The highest BCUT2D eigenvalue weighted by molar-refractivity contribution is 5.94. The van der Waals surface area contributed by atoms with Gasteiger partial charge in [-0.2, -0.15) is 0 Å². The molecule has 0 aromatic heterocycles. The van der Waals surface area contributed by atoms with Gasteiger partial charge in [0.15, 0.2) is 0 Å². The predicted octanol–water partition coefficient (Wildman–Crippen LogP) is 0.321. The van der Waals surface area contributed by atoms with E-state index in [2.05, 4.69) is 9.89 Å². The fraction of sp³-hybridized carbons (Fsp3) is 0.778. The summed E-state index contributed by atoms with van der Waals surface area (Å²) in [5.74, 6) is -0.395. The number of methoxy groups -OCH3 is 1. The standard InChI is InChI=1S/C9H15NO4/c1-5(2)8(11)6-4-7(14-10-6)9(12)13-3/h5,7-8,11H,4H2,1-3H3/t7-,8-/m1/s1. The Hall–Kier alpha value is -1.10. The summed E-state index contributed by atoms with van der Waals surface area (Å²) < 4.78 is 4.50. The van der Waals surface area contributed by atoms with E-state index < -0.39 is 18.2 Å². The van der Waals surface area contributed by atoms with E-state index in [0.717, 1.165) is 0 Å². The maximum atomic E-state index is 11.0. The van der Waals surface area contributed by atoms with Crippen molar-refractivity contribution in [3.63, 3.8) is 0 Å². The SMILES string of the molecule is COC(=O)[C@H]1CC([C@H](O)C(C)C)=NO1. The molecule has 5 nitrogen and oxygen atoms in total. The van der Waals surface area contributed by atoms with Crippen LogP contribution in [0.15, 0.2) is 5.16 Å². The van der Waals surface area contributed by atoms with Crippen molar-refractivity contribution in [3.05, 3.63) is 0 Å². The predicted molar refractivity (Wildman–Crippen MR) is 49.8 cm³/mol. The fourth-order valence-corrected chi connectivity index (χ4v) is 1.21. The summed E-state index contributed by atoms with van der Waals surface area (Å²) in [6.45, 7) is 3.75. The summed E-state index contributed by atoms with van der Waals surface area (Å²) in [4.78, 5) is 15.9. The molecule has 0 spiro atoms. The van der Waals surface area contributed by atoms with Crippen LogP contribution in [-0.4, -0.2) is 36.1 Å². The van der Waals surface area contributed by atoms with Gasteiger partial charge in [-0.3, -0.25) is 0 Å². The zero-order valence-electron chi connectivity index (χ0n) is 8.56. The summed E-state index contributed by atoms with van der Waals surface area (Å²) in [5, 5.41) is 13.3. The minimum absolute atomic E-state index is 0.0637. The lowest BCUT2D eigenvalue weighted by molar-refractivity contribution is -0.152. The van der Waals surface area contributed by atoms with E-state index in [0.29, 0.717) is 12.1 Å². The van der Waals surface area contributed by atoms with Gasteiger partial charge < -0.3 is 14.7 Å². The highest BCUT2D eigenvalue weighted by atomic mass is 16.7. The molecule has 1 aliphatic rings. The van der Waals surface area contributed by atoms with E-state index in [4.69, 9.17) is 4.84 Å². The molecular weight excluding hydrogens is 186 g/mol. The molecule has 0 radical (unpaired) electrons. The van der Waals surface area contributed by atoms with Gasteiger partial charge in [-0.1, -0.05) is 19.0 Å². The lowest BCUT2D eigenvalue weighted by atomic mass is 9.99. The first-order chi connectivity index (χ1) is 6.56. The highest BCUT2D eigenvalue weighted by Gasteiger charge is 2.32. The van der Waals surface area contributed by atoms with Crippen molar-refractivity contribution in [3.8, 4) is 0 Å². The molecule has 2 atom stereocenters. The number of aliphatic hydroxyl groups excluding tert-OH is 1. The molecule has 80 valence electrons. The van der Waals surface area contributed by atoms with Gasteiger partial charge in [0.05, 0.1) is 18.9 Å². The number of hydrogen-bond acceptors (Lipinski definition) is 5. The van der Waals surface area contributed by atoms with Crippen molar-refractivity contribution in [1.82, 2.24) is 0 Å². The first kappa shape index (κ1) is 11.0. The number of carbonyl (C=O) groups is 1. The summed E-state index contributed by atoms with van der Waals surface area (Å²) in [5.41, 5.74) is 0.510. The van der Waals surface area contributed by atoms with Crippen LogP contribution in [0.3, 0.4) is 0 Å². The molecule has 1 heterocycles. The monoisotopic (exact) mass is 201 g/mol. The normalized spacial score (nSPS) is 22.9. The lowest BCUT2D eigenvalue weighted by Gasteiger charge is -2.12. The van der Waals surface area contributed by atoms with Gasteiger partial charge in [-0.15, -0.1) is 0 Å². The molecule has 1 aliphatic heterocycles. The Kier molecular flexibility index (Phi) is 3.46. The topological polar surface area (TPSA) is 68.1 Å². The lowest BCUT2D eigenvalue weighted by Crippen LogP contribution is -2.28. The maximum absolute atomic E-state index is 11.0. The second kappa shape index (κ2) is 4.41. The molecule has 0 saturated heterocycles. The summed E-state index contributed by atoms with van der Waals surface area (Å²) in [6, 6.07) is 0. The van der Waals surface area contributed by atoms with E-state index in [1.54, 1.807) is 0 Å². The van der Waals surface area contributed by atoms with E-state index in [1.165, 1.54) is 7.11 Å². The highest BCUT2D eigenvalue weighted by Crippen LogP contribution is 2.17. The molecule has 5 heteroatoms. The Morgan fingerprint density at radius 3 is 2.86 bits per heavy atom. The number of nitrogens with zero attached hydrogens (tertiary/aromatic N) is 1. The van der Waals surface area contributed by atoms with Gasteiger partial charge >= 0.3 is 5.97 Å². The quantitative estimate of drug-likeness (QED) is 0.668. The van der Waals surface area contributed by atoms with E-state index in [1.807, 2.05) is 13.8 Å². The zero-order valence-corrected chi connectivity index (χ0v) is 8.56. The average Bonchev–Trinajstić information content (AvgIpc) is 2.64.